The number of aromatic amines is 1. The number of nitrogens with zero attached hydrogens (tertiary/aromatic N) is 3. The van der Waals surface area contributed by atoms with Crippen LogP contribution in [0.25, 0.3) is 22.0 Å². The van der Waals surface area contributed by atoms with Crippen LogP contribution in [0.15, 0.2) is 71.7 Å². The standard InChI is InChI=1S/C25H20F2N4O2/c26-19-5-6-20(21(27)14-19)18-3-7-23(28-15-18)30-9-11-31(12-10-30)25(33)17-2-1-16-4-8-24(32)29-22(16)13-17/h1-8,13-15H,9-12H2,(H,29,32). The first-order valence-electron chi connectivity index (χ1n) is 10.6. The smallest absolute Gasteiger partial charge is 0.254 e. The average molecular weight is 446 g/mol. The summed E-state index contributed by atoms with van der Waals surface area (Å²) in [4.78, 5) is 35.6. The number of carbonyl (C=O) groups excluding carboxylic acids is 1. The second-order valence-corrected chi connectivity index (χ2v) is 7.93. The summed E-state index contributed by atoms with van der Waals surface area (Å²) in [6.07, 6.45) is 1.57. The highest BCUT2D eigenvalue weighted by molar-refractivity contribution is 5.97. The molecule has 1 saturated heterocycles. The highest BCUT2D eigenvalue weighted by Crippen LogP contribution is 2.25. The van der Waals surface area contributed by atoms with Gasteiger partial charge in [0.25, 0.3) is 5.91 Å². The van der Waals surface area contributed by atoms with Crippen LogP contribution in [-0.4, -0.2) is 47.0 Å². The van der Waals surface area contributed by atoms with Gasteiger partial charge in [-0.3, -0.25) is 9.59 Å². The highest BCUT2D eigenvalue weighted by atomic mass is 19.1. The summed E-state index contributed by atoms with van der Waals surface area (Å²) in [6.45, 7) is 2.26. The number of pyridine rings is 2. The third-order valence-corrected chi connectivity index (χ3v) is 5.85. The molecule has 1 amide bonds. The summed E-state index contributed by atoms with van der Waals surface area (Å²) in [5.74, 6) is -0.604. The van der Waals surface area contributed by atoms with Crippen LogP contribution in [0.3, 0.4) is 0 Å². The van der Waals surface area contributed by atoms with E-state index in [0.29, 0.717) is 48.4 Å². The van der Waals surface area contributed by atoms with Crippen LogP contribution in [-0.2, 0) is 0 Å². The van der Waals surface area contributed by atoms with Gasteiger partial charge in [-0.15, -0.1) is 0 Å². The normalized spacial score (nSPS) is 14.0. The van der Waals surface area contributed by atoms with Gasteiger partial charge in [-0.25, -0.2) is 13.8 Å². The van der Waals surface area contributed by atoms with Crippen molar-refractivity contribution >= 4 is 22.6 Å². The van der Waals surface area contributed by atoms with E-state index in [9.17, 15) is 18.4 Å². The Morgan fingerprint density at radius 3 is 2.42 bits per heavy atom. The summed E-state index contributed by atoms with van der Waals surface area (Å²) < 4.78 is 27.2. The van der Waals surface area contributed by atoms with Crippen molar-refractivity contribution in [2.75, 3.05) is 31.1 Å². The number of nitrogens with one attached hydrogen (secondary N) is 1. The predicted molar refractivity (Wildman–Crippen MR) is 122 cm³/mol. The molecule has 166 valence electrons. The minimum atomic E-state index is -0.630. The lowest BCUT2D eigenvalue weighted by Crippen LogP contribution is -2.49. The Bertz CT molecular complexity index is 1390. The van der Waals surface area contributed by atoms with Gasteiger partial charge >= 0.3 is 0 Å². The lowest BCUT2D eigenvalue weighted by atomic mass is 10.1. The minimum absolute atomic E-state index is 0.0867. The fraction of sp³-hybridized carbons (Fsp3) is 0.160. The number of fused-ring (bicyclic) bond motifs is 1. The van der Waals surface area contributed by atoms with E-state index < -0.39 is 11.6 Å². The monoisotopic (exact) mass is 446 g/mol. The third-order valence-electron chi connectivity index (χ3n) is 5.85. The number of amides is 1. The lowest BCUT2D eigenvalue weighted by molar-refractivity contribution is 0.0746. The molecule has 8 heteroatoms. The fourth-order valence-corrected chi connectivity index (χ4v) is 4.06. The van der Waals surface area contributed by atoms with Crippen molar-refractivity contribution in [3.05, 3.63) is 94.4 Å². The van der Waals surface area contributed by atoms with Crippen molar-refractivity contribution in [1.29, 1.82) is 0 Å². The molecule has 0 unspecified atom stereocenters. The van der Waals surface area contributed by atoms with Gasteiger partial charge in [0.1, 0.15) is 17.5 Å². The zero-order valence-corrected chi connectivity index (χ0v) is 17.6. The highest BCUT2D eigenvalue weighted by Gasteiger charge is 2.23. The van der Waals surface area contributed by atoms with Gasteiger partial charge in [0.2, 0.25) is 5.56 Å². The van der Waals surface area contributed by atoms with E-state index in [1.165, 1.54) is 18.2 Å². The molecule has 3 heterocycles. The number of hydrogen-bond donors (Lipinski definition) is 1. The molecule has 2 aromatic heterocycles. The van der Waals surface area contributed by atoms with Crippen LogP contribution >= 0.6 is 0 Å². The van der Waals surface area contributed by atoms with E-state index >= 15 is 0 Å². The van der Waals surface area contributed by atoms with E-state index in [4.69, 9.17) is 0 Å². The van der Waals surface area contributed by atoms with Crippen LogP contribution < -0.4 is 10.5 Å². The Morgan fingerprint density at radius 2 is 1.70 bits per heavy atom. The van der Waals surface area contributed by atoms with E-state index in [0.717, 1.165) is 17.3 Å². The molecule has 0 spiro atoms. The summed E-state index contributed by atoms with van der Waals surface area (Å²) in [5, 5.41) is 0.867. The van der Waals surface area contributed by atoms with Crippen LogP contribution in [0.2, 0.25) is 0 Å². The zero-order valence-electron chi connectivity index (χ0n) is 17.6. The first-order valence-corrected chi connectivity index (χ1v) is 10.6. The Labute approximate surface area is 188 Å². The van der Waals surface area contributed by atoms with Crippen molar-refractivity contribution in [3.8, 4) is 11.1 Å². The molecule has 0 saturated carbocycles. The lowest BCUT2D eigenvalue weighted by Gasteiger charge is -2.35. The number of benzene rings is 2. The maximum atomic E-state index is 14.0. The van der Waals surface area contributed by atoms with Crippen molar-refractivity contribution in [1.82, 2.24) is 14.9 Å². The van der Waals surface area contributed by atoms with Gasteiger partial charge in [-0.1, -0.05) is 6.07 Å². The number of hydrogen-bond acceptors (Lipinski definition) is 4. The van der Waals surface area contributed by atoms with Crippen molar-refractivity contribution in [3.63, 3.8) is 0 Å². The number of rotatable bonds is 3. The van der Waals surface area contributed by atoms with Crippen molar-refractivity contribution in [2.45, 2.75) is 0 Å². The molecule has 1 N–H and O–H groups in total. The minimum Gasteiger partial charge on any atom is -0.353 e. The molecule has 2 aromatic carbocycles. The second-order valence-electron chi connectivity index (χ2n) is 7.93. The molecular weight excluding hydrogens is 426 g/mol. The largest absolute Gasteiger partial charge is 0.353 e. The molecule has 1 aliphatic rings. The molecular formula is C25H20F2N4O2. The molecule has 1 fully saturated rings. The second kappa shape index (κ2) is 8.46. The third kappa shape index (κ3) is 4.19. The van der Waals surface area contributed by atoms with Gasteiger partial charge in [0, 0.05) is 66.7 Å². The Kier molecular flexibility index (Phi) is 5.34. The fourth-order valence-electron chi connectivity index (χ4n) is 4.06. The first-order chi connectivity index (χ1) is 16.0. The van der Waals surface area contributed by atoms with Gasteiger partial charge in [-0.05, 0) is 47.9 Å². The number of carbonyl (C=O) groups is 1. The van der Waals surface area contributed by atoms with Gasteiger partial charge in [0.15, 0.2) is 0 Å². The van der Waals surface area contributed by atoms with E-state index in [2.05, 4.69) is 14.9 Å². The van der Waals surface area contributed by atoms with Crippen LogP contribution in [0.5, 0.6) is 0 Å². The van der Waals surface area contributed by atoms with Crippen molar-refractivity contribution < 1.29 is 13.6 Å². The maximum Gasteiger partial charge on any atom is 0.254 e. The maximum absolute atomic E-state index is 14.0. The van der Waals surface area contributed by atoms with Gasteiger partial charge in [-0.2, -0.15) is 0 Å². The molecule has 6 nitrogen and oxygen atoms in total. The average Bonchev–Trinajstić information content (AvgIpc) is 2.83. The Hall–Kier alpha value is -4.07. The molecule has 0 bridgehead atoms. The number of halogens is 2. The number of aromatic nitrogens is 2. The first kappa shape index (κ1) is 20.8. The molecule has 0 radical (unpaired) electrons. The quantitative estimate of drug-likeness (QED) is 0.519. The summed E-state index contributed by atoms with van der Waals surface area (Å²) in [7, 11) is 0. The van der Waals surface area contributed by atoms with Crippen LogP contribution in [0.4, 0.5) is 14.6 Å². The van der Waals surface area contributed by atoms with Gasteiger partial charge < -0.3 is 14.8 Å². The summed E-state index contributed by atoms with van der Waals surface area (Å²) in [5.41, 5.74) is 1.82. The number of anilines is 1. The molecule has 0 atom stereocenters. The van der Waals surface area contributed by atoms with Crippen LogP contribution in [0, 0.1) is 11.6 Å². The van der Waals surface area contributed by atoms with E-state index in [-0.39, 0.29) is 11.5 Å². The molecule has 33 heavy (non-hydrogen) atoms. The SMILES string of the molecule is O=C(c1ccc2ccc(=O)[nH]c2c1)N1CCN(c2ccc(-c3ccc(F)cc3F)cn2)CC1. The molecule has 5 rings (SSSR count). The zero-order chi connectivity index (χ0) is 22.9. The Balaban J connectivity index is 1.26. The predicted octanol–water partition coefficient (Wildman–Crippen LogP) is 3.83. The van der Waals surface area contributed by atoms with E-state index in [1.54, 1.807) is 41.4 Å². The topological polar surface area (TPSA) is 69.3 Å². The molecule has 1 aliphatic heterocycles. The molecule has 0 aliphatic carbocycles. The Morgan fingerprint density at radius 1 is 0.909 bits per heavy atom. The van der Waals surface area contributed by atoms with Crippen LogP contribution in [0.1, 0.15) is 10.4 Å². The molecule has 4 aromatic rings. The van der Waals surface area contributed by atoms with Gasteiger partial charge in [0.05, 0.1) is 0 Å². The van der Waals surface area contributed by atoms with E-state index in [1.807, 2.05) is 6.07 Å². The summed E-state index contributed by atoms with van der Waals surface area (Å²) >= 11 is 0. The number of H-pyrrole nitrogens is 1. The van der Waals surface area contributed by atoms with Crippen molar-refractivity contribution in [2.24, 2.45) is 0 Å². The number of piperazine rings is 1. The summed E-state index contributed by atoms with van der Waals surface area (Å²) in [6, 6.07) is 15.5.